The molecule has 0 amide bonds. The minimum absolute atomic E-state index is 0. The van der Waals surface area contributed by atoms with E-state index in [2.05, 4.69) is 41.4 Å². The summed E-state index contributed by atoms with van der Waals surface area (Å²) in [5, 5.41) is 6.50. The Morgan fingerprint density at radius 3 is 2.65 bits per heavy atom. The van der Waals surface area contributed by atoms with Gasteiger partial charge in [-0.1, -0.05) is 13.8 Å². The average molecular weight is 478 g/mol. The van der Waals surface area contributed by atoms with Gasteiger partial charge in [0.1, 0.15) is 0 Å². The summed E-state index contributed by atoms with van der Waals surface area (Å²) < 4.78 is 11.2. The van der Waals surface area contributed by atoms with Crippen molar-refractivity contribution in [1.29, 1.82) is 0 Å². The van der Waals surface area contributed by atoms with E-state index >= 15 is 0 Å². The van der Waals surface area contributed by atoms with E-state index in [-0.39, 0.29) is 30.1 Å². The molecule has 150 valence electrons. The molecule has 1 heterocycles. The first kappa shape index (κ1) is 24.9. The second-order valence-electron chi connectivity index (χ2n) is 6.38. The lowest BCUT2D eigenvalue weighted by Crippen LogP contribution is -2.39. The average Bonchev–Trinajstić information content (AvgIpc) is 2.56. The molecular weight excluding hydrogens is 443 g/mol. The SMILES string of the molecule is CCNC(=NCc1ccnc(OC(C)CC(C)C)c1)NCCOCC.I. The summed E-state index contributed by atoms with van der Waals surface area (Å²) in [6.45, 7) is 14.0. The summed E-state index contributed by atoms with van der Waals surface area (Å²) in [4.78, 5) is 8.91. The van der Waals surface area contributed by atoms with Crippen molar-refractivity contribution in [3.8, 4) is 5.88 Å². The van der Waals surface area contributed by atoms with Crippen LogP contribution in [-0.4, -0.2) is 43.4 Å². The summed E-state index contributed by atoms with van der Waals surface area (Å²) in [5.74, 6) is 2.05. The first-order valence-corrected chi connectivity index (χ1v) is 9.26. The lowest BCUT2D eigenvalue weighted by Gasteiger charge is -2.16. The highest BCUT2D eigenvalue weighted by molar-refractivity contribution is 14.0. The number of guanidine groups is 1. The van der Waals surface area contributed by atoms with Crippen LogP contribution in [0.1, 0.15) is 46.6 Å². The van der Waals surface area contributed by atoms with E-state index in [1.54, 1.807) is 6.20 Å². The number of nitrogens with one attached hydrogen (secondary N) is 2. The van der Waals surface area contributed by atoms with E-state index in [0.717, 1.165) is 37.6 Å². The Balaban J connectivity index is 0.00000625. The van der Waals surface area contributed by atoms with Gasteiger partial charge in [-0.05, 0) is 44.7 Å². The Hall–Kier alpha value is -1.09. The third-order valence-electron chi connectivity index (χ3n) is 3.43. The third kappa shape index (κ3) is 11.5. The monoisotopic (exact) mass is 478 g/mol. The molecule has 6 nitrogen and oxygen atoms in total. The van der Waals surface area contributed by atoms with E-state index in [1.807, 2.05) is 26.0 Å². The van der Waals surface area contributed by atoms with Crippen LogP contribution in [0.3, 0.4) is 0 Å². The minimum atomic E-state index is 0. The molecule has 1 atom stereocenters. The number of rotatable bonds is 11. The number of hydrogen-bond acceptors (Lipinski definition) is 4. The molecule has 26 heavy (non-hydrogen) atoms. The summed E-state index contributed by atoms with van der Waals surface area (Å²) in [6.07, 6.45) is 2.94. The van der Waals surface area contributed by atoms with Crippen molar-refractivity contribution in [2.24, 2.45) is 10.9 Å². The number of pyridine rings is 1. The lowest BCUT2D eigenvalue weighted by atomic mass is 10.1. The Morgan fingerprint density at radius 1 is 1.23 bits per heavy atom. The van der Waals surface area contributed by atoms with Crippen molar-refractivity contribution >= 4 is 29.9 Å². The van der Waals surface area contributed by atoms with E-state index in [0.29, 0.717) is 24.9 Å². The second kappa shape index (κ2) is 15.0. The molecule has 1 unspecified atom stereocenters. The molecule has 1 aromatic rings. The predicted molar refractivity (Wildman–Crippen MR) is 119 cm³/mol. The fourth-order valence-corrected chi connectivity index (χ4v) is 2.43. The fraction of sp³-hybridized carbons (Fsp3) is 0.684. The first-order chi connectivity index (χ1) is 12.0. The van der Waals surface area contributed by atoms with E-state index < -0.39 is 0 Å². The van der Waals surface area contributed by atoms with Crippen molar-refractivity contribution in [2.75, 3.05) is 26.3 Å². The van der Waals surface area contributed by atoms with Crippen molar-refractivity contribution in [2.45, 2.75) is 53.7 Å². The Morgan fingerprint density at radius 2 is 2.00 bits per heavy atom. The predicted octanol–water partition coefficient (Wildman–Crippen LogP) is 3.60. The van der Waals surface area contributed by atoms with Gasteiger partial charge < -0.3 is 20.1 Å². The molecule has 0 spiro atoms. The van der Waals surface area contributed by atoms with Gasteiger partial charge in [-0.15, -0.1) is 24.0 Å². The summed E-state index contributed by atoms with van der Waals surface area (Å²) >= 11 is 0. The zero-order chi connectivity index (χ0) is 18.5. The zero-order valence-electron chi connectivity index (χ0n) is 16.7. The molecule has 2 N–H and O–H groups in total. The molecular formula is C19H35IN4O2. The molecule has 0 bridgehead atoms. The van der Waals surface area contributed by atoms with Crippen molar-refractivity contribution in [1.82, 2.24) is 15.6 Å². The molecule has 0 radical (unpaired) electrons. The van der Waals surface area contributed by atoms with Gasteiger partial charge in [-0.3, -0.25) is 0 Å². The van der Waals surface area contributed by atoms with Gasteiger partial charge in [0.2, 0.25) is 5.88 Å². The molecule has 1 aromatic heterocycles. The normalized spacial score (nSPS) is 12.5. The van der Waals surface area contributed by atoms with Gasteiger partial charge in [0.25, 0.3) is 0 Å². The molecule has 0 aliphatic heterocycles. The largest absolute Gasteiger partial charge is 0.475 e. The van der Waals surface area contributed by atoms with Crippen molar-refractivity contribution in [3.63, 3.8) is 0 Å². The van der Waals surface area contributed by atoms with Gasteiger partial charge >= 0.3 is 0 Å². The van der Waals surface area contributed by atoms with Crippen LogP contribution < -0.4 is 15.4 Å². The second-order valence-corrected chi connectivity index (χ2v) is 6.38. The number of aromatic nitrogens is 1. The van der Waals surface area contributed by atoms with E-state index in [1.165, 1.54) is 0 Å². The maximum atomic E-state index is 5.90. The summed E-state index contributed by atoms with van der Waals surface area (Å²) in [6, 6.07) is 3.93. The maximum Gasteiger partial charge on any atom is 0.213 e. The highest BCUT2D eigenvalue weighted by Crippen LogP contribution is 2.15. The van der Waals surface area contributed by atoms with Crippen LogP contribution in [0, 0.1) is 5.92 Å². The molecule has 0 saturated heterocycles. The van der Waals surface area contributed by atoms with Crippen LogP contribution in [0.2, 0.25) is 0 Å². The zero-order valence-corrected chi connectivity index (χ0v) is 19.1. The van der Waals surface area contributed by atoms with Gasteiger partial charge in [0.05, 0.1) is 19.3 Å². The van der Waals surface area contributed by atoms with Crippen molar-refractivity contribution < 1.29 is 9.47 Å². The third-order valence-corrected chi connectivity index (χ3v) is 3.43. The Labute approximate surface area is 175 Å². The summed E-state index contributed by atoms with van der Waals surface area (Å²) in [7, 11) is 0. The van der Waals surface area contributed by atoms with Crippen LogP contribution in [0.15, 0.2) is 23.3 Å². The van der Waals surface area contributed by atoms with Crippen LogP contribution >= 0.6 is 24.0 Å². The topological polar surface area (TPSA) is 67.8 Å². The van der Waals surface area contributed by atoms with Crippen LogP contribution in [-0.2, 0) is 11.3 Å². The standard InChI is InChI=1S/C19H34N4O2.HI/c1-6-20-19(22-10-11-24-7-2)23-14-17-8-9-21-18(13-17)25-16(5)12-15(3)4;/h8-9,13,15-16H,6-7,10-12,14H2,1-5H3,(H2,20,22,23);1H. The molecule has 1 rings (SSSR count). The molecule has 0 aromatic carbocycles. The number of nitrogens with zero attached hydrogens (tertiary/aromatic N) is 2. The number of hydrogen-bond donors (Lipinski definition) is 2. The highest BCUT2D eigenvalue weighted by Gasteiger charge is 2.08. The van der Waals surface area contributed by atoms with Crippen LogP contribution in [0.5, 0.6) is 5.88 Å². The van der Waals surface area contributed by atoms with E-state index in [9.17, 15) is 0 Å². The molecule has 0 aliphatic rings. The minimum Gasteiger partial charge on any atom is -0.475 e. The quantitative estimate of drug-likeness (QED) is 0.220. The molecule has 0 fully saturated rings. The number of aliphatic imine (C=N–C) groups is 1. The molecule has 0 aliphatic carbocycles. The first-order valence-electron chi connectivity index (χ1n) is 9.26. The fourth-order valence-electron chi connectivity index (χ4n) is 2.43. The molecule has 0 saturated carbocycles. The summed E-state index contributed by atoms with van der Waals surface area (Å²) in [5.41, 5.74) is 1.07. The molecule has 7 heteroatoms. The van der Waals surface area contributed by atoms with Gasteiger partial charge in [0.15, 0.2) is 5.96 Å². The number of ether oxygens (including phenoxy) is 2. The van der Waals surface area contributed by atoms with Gasteiger partial charge in [-0.25, -0.2) is 9.98 Å². The van der Waals surface area contributed by atoms with Crippen LogP contribution in [0.4, 0.5) is 0 Å². The number of halogens is 1. The van der Waals surface area contributed by atoms with Crippen LogP contribution in [0.25, 0.3) is 0 Å². The van der Waals surface area contributed by atoms with E-state index in [4.69, 9.17) is 9.47 Å². The highest BCUT2D eigenvalue weighted by atomic mass is 127. The van der Waals surface area contributed by atoms with Crippen molar-refractivity contribution in [3.05, 3.63) is 23.9 Å². The maximum absolute atomic E-state index is 5.90. The van der Waals surface area contributed by atoms with Gasteiger partial charge in [0, 0.05) is 32.0 Å². The Bertz CT molecular complexity index is 512. The smallest absolute Gasteiger partial charge is 0.213 e. The van der Waals surface area contributed by atoms with Gasteiger partial charge in [-0.2, -0.15) is 0 Å². The lowest BCUT2D eigenvalue weighted by molar-refractivity contribution is 0.152. The Kier molecular flexibility index (Phi) is 14.4.